The summed E-state index contributed by atoms with van der Waals surface area (Å²) in [6.45, 7) is 0. The zero-order chi connectivity index (χ0) is 24.2. The maximum absolute atomic E-state index is 13.2. The average Bonchev–Trinajstić information content (AvgIpc) is 3.33. The largest absolute Gasteiger partial charge is 0.497 e. The van der Waals surface area contributed by atoms with E-state index in [0.29, 0.717) is 39.1 Å². The van der Waals surface area contributed by atoms with Crippen LogP contribution in [-0.4, -0.2) is 44.1 Å². The van der Waals surface area contributed by atoms with Crippen molar-refractivity contribution in [3.8, 4) is 45.4 Å². The minimum atomic E-state index is -0.287. The molecular formula is C26H23ClN2O5. The molecule has 1 aromatic heterocycles. The molecule has 174 valence electrons. The van der Waals surface area contributed by atoms with E-state index >= 15 is 0 Å². The number of nitrogens with zero attached hydrogens (tertiary/aromatic N) is 2. The lowest BCUT2D eigenvalue weighted by Gasteiger charge is -2.14. The molecule has 0 saturated heterocycles. The molecule has 0 spiro atoms. The summed E-state index contributed by atoms with van der Waals surface area (Å²) in [6, 6.07) is 17.8. The van der Waals surface area contributed by atoms with Gasteiger partial charge in [0.05, 0.1) is 28.4 Å². The Morgan fingerprint density at radius 3 is 1.94 bits per heavy atom. The predicted molar refractivity (Wildman–Crippen MR) is 130 cm³/mol. The lowest BCUT2D eigenvalue weighted by Crippen LogP contribution is -2.12. The van der Waals surface area contributed by atoms with Crippen molar-refractivity contribution >= 4 is 17.5 Å². The van der Waals surface area contributed by atoms with Gasteiger partial charge in [0.1, 0.15) is 11.4 Å². The van der Waals surface area contributed by atoms with Crippen LogP contribution in [0.2, 0.25) is 5.02 Å². The van der Waals surface area contributed by atoms with Crippen molar-refractivity contribution in [3.63, 3.8) is 0 Å². The van der Waals surface area contributed by atoms with Crippen LogP contribution in [0.4, 0.5) is 0 Å². The Morgan fingerprint density at radius 1 is 0.794 bits per heavy atom. The van der Waals surface area contributed by atoms with Crippen molar-refractivity contribution < 1.29 is 23.7 Å². The second-order valence-corrected chi connectivity index (χ2v) is 7.73. The van der Waals surface area contributed by atoms with Gasteiger partial charge in [0.15, 0.2) is 11.5 Å². The Hall–Kier alpha value is -3.97. The molecule has 3 aromatic carbocycles. The van der Waals surface area contributed by atoms with Gasteiger partial charge in [0.2, 0.25) is 5.75 Å². The van der Waals surface area contributed by atoms with Gasteiger partial charge < -0.3 is 18.9 Å². The van der Waals surface area contributed by atoms with E-state index in [0.717, 1.165) is 16.9 Å². The molecule has 0 N–H and O–H groups in total. The van der Waals surface area contributed by atoms with E-state index in [1.165, 1.54) is 4.68 Å². The average molecular weight is 479 g/mol. The van der Waals surface area contributed by atoms with Crippen molar-refractivity contribution in [2.45, 2.75) is 0 Å². The summed E-state index contributed by atoms with van der Waals surface area (Å²) < 4.78 is 23.1. The molecule has 0 atom stereocenters. The number of carbonyl (C=O) groups is 1. The normalized spacial score (nSPS) is 10.6. The third-order valence-corrected chi connectivity index (χ3v) is 5.60. The maximum Gasteiger partial charge on any atom is 0.278 e. The zero-order valence-corrected chi connectivity index (χ0v) is 19.9. The standard InChI is InChI=1S/C26H23ClN2O5/c1-31-20-11-7-16(8-12-20)21-15-29(26(30)17-5-9-19(27)10-6-17)28-24(21)18-13-22(32-2)25(34-4)23(14-18)33-3/h5-15H,1-4H3. The van der Waals surface area contributed by atoms with Gasteiger partial charge in [-0.3, -0.25) is 4.79 Å². The lowest BCUT2D eigenvalue weighted by atomic mass is 10.0. The first-order chi connectivity index (χ1) is 16.5. The van der Waals surface area contributed by atoms with Gasteiger partial charge in [-0.15, -0.1) is 0 Å². The van der Waals surface area contributed by atoms with E-state index in [1.54, 1.807) is 71.0 Å². The van der Waals surface area contributed by atoms with Crippen LogP contribution >= 0.6 is 11.6 Å². The SMILES string of the molecule is COc1ccc(-c2cn(C(=O)c3ccc(Cl)cc3)nc2-c2cc(OC)c(OC)c(OC)c2)cc1. The molecule has 0 amide bonds. The van der Waals surface area contributed by atoms with Crippen LogP contribution in [0.1, 0.15) is 10.4 Å². The maximum atomic E-state index is 13.2. The van der Waals surface area contributed by atoms with Gasteiger partial charge in [-0.2, -0.15) is 5.10 Å². The number of hydrogen-bond donors (Lipinski definition) is 0. The van der Waals surface area contributed by atoms with Gasteiger partial charge in [0.25, 0.3) is 5.91 Å². The van der Waals surface area contributed by atoms with Crippen molar-refractivity contribution in [3.05, 3.63) is 77.4 Å². The molecular weight excluding hydrogens is 456 g/mol. The van der Waals surface area contributed by atoms with Crippen molar-refractivity contribution in [1.29, 1.82) is 0 Å². The van der Waals surface area contributed by atoms with E-state index in [2.05, 4.69) is 5.10 Å². The molecule has 7 nitrogen and oxygen atoms in total. The van der Waals surface area contributed by atoms with Crippen molar-refractivity contribution in [1.82, 2.24) is 9.78 Å². The second kappa shape index (κ2) is 9.89. The number of ether oxygens (including phenoxy) is 4. The Kier molecular flexibility index (Phi) is 6.75. The van der Waals surface area contributed by atoms with E-state index in [4.69, 9.17) is 30.5 Å². The minimum absolute atomic E-state index is 0.287. The summed E-state index contributed by atoms with van der Waals surface area (Å²) in [4.78, 5) is 13.2. The van der Waals surface area contributed by atoms with E-state index in [-0.39, 0.29) is 5.91 Å². The number of carbonyl (C=O) groups excluding carboxylic acids is 1. The summed E-state index contributed by atoms with van der Waals surface area (Å²) in [5.74, 6) is 1.87. The Labute approximate surface area is 202 Å². The van der Waals surface area contributed by atoms with Gasteiger partial charge in [-0.1, -0.05) is 23.7 Å². The summed E-state index contributed by atoms with van der Waals surface area (Å²) >= 11 is 5.98. The van der Waals surface area contributed by atoms with Gasteiger partial charge in [0, 0.05) is 27.9 Å². The predicted octanol–water partition coefficient (Wildman–Crippen LogP) is 5.59. The molecule has 0 unspecified atom stereocenters. The van der Waals surface area contributed by atoms with Crippen LogP contribution in [0.25, 0.3) is 22.4 Å². The van der Waals surface area contributed by atoms with E-state index in [1.807, 2.05) is 24.3 Å². The van der Waals surface area contributed by atoms with Crippen molar-refractivity contribution in [2.75, 3.05) is 28.4 Å². The summed E-state index contributed by atoms with van der Waals surface area (Å²) in [5, 5.41) is 5.21. The quantitative estimate of drug-likeness (QED) is 0.344. The zero-order valence-electron chi connectivity index (χ0n) is 19.2. The molecule has 0 aliphatic rings. The highest BCUT2D eigenvalue weighted by molar-refractivity contribution is 6.30. The van der Waals surface area contributed by atoms with Gasteiger partial charge >= 0.3 is 0 Å². The molecule has 1 heterocycles. The highest BCUT2D eigenvalue weighted by Crippen LogP contribution is 2.43. The first-order valence-corrected chi connectivity index (χ1v) is 10.7. The molecule has 0 aliphatic heterocycles. The second-order valence-electron chi connectivity index (χ2n) is 7.29. The molecule has 0 saturated carbocycles. The molecule has 0 fully saturated rings. The highest BCUT2D eigenvalue weighted by atomic mass is 35.5. The molecule has 8 heteroatoms. The van der Waals surface area contributed by atoms with Crippen LogP contribution in [0, 0.1) is 0 Å². The van der Waals surface area contributed by atoms with Crippen molar-refractivity contribution in [2.24, 2.45) is 0 Å². The number of methoxy groups -OCH3 is 4. The number of halogens is 1. The molecule has 4 rings (SSSR count). The summed E-state index contributed by atoms with van der Waals surface area (Å²) in [7, 11) is 6.25. The highest BCUT2D eigenvalue weighted by Gasteiger charge is 2.21. The Bertz CT molecular complexity index is 1290. The van der Waals surface area contributed by atoms with Crippen LogP contribution in [0.3, 0.4) is 0 Å². The Morgan fingerprint density at radius 2 is 1.41 bits per heavy atom. The Balaban J connectivity index is 1.90. The fourth-order valence-electron chi connectivity index (χ4n) is 3.62. The molecule has 0 aliphatic carbocycles. The number of benzene rings is 3. The molecule has 0 radical (unpaired) electrons. The number of rotatable bonds is 7. The number of hydrogen-bond acceptors (Lipinski definition) is 6. The monoisotopic (exact) mass is 478 g/mol. The fourth-order valence-corrected chi connectivity index (χ4v) is 3.74. The molecule has 4 aromatic rings. The summed E-state index contributed by atoms with van der Waals surface area (Å²) in [5.41, 5.74) is 3.35. The number of aromatic nitrogens is 2. The van der Waals surface area contributed by atoms with Crippen LogP contribution in [0.15, 0.2) is 66.9 Å². The summed E-state index contributed by atoms with van der Waals surface area (Å²) in [6.07, 6.45) is 1.71. The lowest BCUT2D eigenvalue weighted by molar-refractivity contribution is 0.0945. The first kappa shape index (κ1) is 23.2. The van der Waals surface area contributed by atoms with Crippen LogP contribution in [0.5, 0.6) is 23.0 Å². The fraction of sp³-hybridized carbons (Fsp3) is 0.154. The first-order valence-electron chi connectivity index (χ1n) is 10.3. The van der Waals surface area contributed by atoms with Crippen LogP contribution in [-0.2, 0) is 0 Å². The third-order valence-electron chi connectivity index (χ3n) is 5.35. The van der Waals surface area contributed by atoms with E-state index < -0.39 is 0 Å². The smallest absolute Gasteiger partial charge is 0.278 e. The minimum Gasteiger partial charge on any atom is -0.497 e. The van der Waals surface area contributed by atoms with Gasteiger partial charge in [-0.05, 0) is 54.1 Å². The van der Waals surface area contributed by atoms with Crippen LogP contribution < -0.4 is 18.9 Å². The van der Waals surface area contributed by atoms with Gasteiger partial charge in [-0.25, -0.2) is 4.68 Å². The van der Waals surface area contributed by atoms with E-state index in [9.17, 15) is 4.79 Å². The topological polar surface area (TPSA) is 71.8 Å². The molecule has 0 bridgehead atoms. The molecule has 34 heavy (non-hydrogen) atoms. The third kappa shape index (κ3) is 4.43.